The summed E-state index contributed by atoms with van der Waals surface area (Å²) in [5.41, 5.74) is 13.3. The van der Waals surface area contributed by atoms with Crippen molar-refractivity contribution in [2.24, 2.45) is 0 Å². The molecule has 5 aromatic carbocycles. The molecule has 4 nitrogen and oxygen atoms in total. The number of hydrogen-bond acceptors (Lipinski definition) is 3. The molecule has 45 heavy (non-hydrogen) atoms. The molecule has 6 aromatic rings. The molecule has 2 heterocycles. The molecule has 0 saturated carbocycles. The zero-order valence-electron chi connectivity index (χ0n) is 25.7. The van der Waals surface area contributed by atoms with E-state index in [9.17, 15) is 0 Å². The normalized spacial score (nSPS) is 11.6. The zero-order chi connectivity index (χ0) is 29.9. The first-order valence-corrected chi connectivity index (χ1v) is 14.5. The van der Waals surface area contributed by atoms with Crippen molar-refractivity contribution in [1.29, 1.82) is 0 Å². The van der Waals surface area contributed by atoms with E-state index in [4.69, 9.17) is 0 Å². The van der Waals surface area contributed by atoms with Crippen LogP contribution in [0.15, 0.2) is 116 Å². The molecule has 7 rings (SSSR count). The Bertz CT molecular complexity index is 1820. The third-order valence-electron chi connectivity index (χ3n) is 7.64. The van der Waals surface area contributed by atoms with Gasteiger partial charge in [0.2, 0.25) is 0 Å². The van der Waals surface area contributed by atoms with E-state index in [-0.39, 0.29) is 27.5 Å². The third-order valence-corrected chi connectivity index (χ3v) is 7.64. The summed E-state index contributed by atoms with van der Waals surface area (Å²) in [6, 6.07) is 42.1. The average Bonchev–Trinajstić information content (AvgIpc) is 3.63. The second-order valence-electron chi connectivity index (χ2n) is 11.1. The minimum Gasteiger partial charge on any atom is -0.504 e. The molecule has 1 aliphatic rings. The minimum atomic E-state index is 0. The summed E-state index contributed by atoms with van der Waals surface area (Å²) in [5.74, 6) is 0.918. The minimum absolute atomic E-state index is 0. The Morgan fingerprint density at radius 1 is 0.689 bits per heavy atom. The van der Waals surface area contributed by atoms with Gasteiger partial charge in [0.1, 0.15) is 0 Å². The molecule has 5 heteroatoms. The van der Waals surface area contributed by atoms with Crippen LogP contribution < -0.4 is 9.80 Å². The molecule has 0 amide bonds. The van der Waals surface area contributed by atoms with Crippen LogP contribution in [0.2, 0.25) is 0 Å². The van der Waals surface area contributed by atoms with Crippen LogP contribution in [-0.4, -0.2) is 16.6 Å². The van der Waals surface area contributed by atoms with Gasteiger partial charge in [0.15, 0.2) is 0 Å². The second-order valence-corrected chi connectivity index (χ2v) is 11.1. The van der Waals surface area contributed by atoms with E-state index < -0.39 is 0 Å². The maximum Gasteiger partial charge on any atom is 3.00 e. The summed E-state index contributed by atoms with van der Waals surface area (Å²) < 4.78 is 2.17. The van der Waals surface area contributed by atoms with Crippen molar-refractivity contribution in [1.82, 2.24) is 9.55 Å². The molecule has 1 aromatic heterocycles. The fourth-order valence-electron chi connectivity index (χ4n) is 5.85. The summed E-state index contributed by atoms with van der Waals surface area (Å²) >= 11 is 0. The number of rotatable bonds is 4. The summed E-state index contributed by atoms with van der Waals surface area (Å²) in [6.45, 7) is 10.7. The first kappa shape index (κ1) is 33.5. The molecular formula is C40H39IrN4. The largest absolute Gasteiger partial charge is 3.00 e. The van der Waals surface area contributed by atoms with Gasteiger partial charge in [-0.3, -0.25) is 4.98 Å². The van der Waals surface area contributed by atoms with E-state index in [0.717, 1.165) is 17.1 Å². The van der Waals surface area contributed by atoms with Crippen LogP contribution >= 0.6 is 0 Å². The molecule has 0 atom stereocenters. The molecule has 0 radical (unpaired) electrons. The molecule has 0 N–H and O–H groups in total. The van der Waals surface area contributed by atoms with Gasteiger partial charge in [-0.2, -0.15) is 37.0 Å². The predicted molar refractivity (Wildman–Crippen MR) is 186 cm³/mol. The van der Waals surface area contributed by atoms with Crippen molar-refractivity contribution in [3.8, 4) is 28.2 Å². The Morgan fingerprint density at radius 2 is 1.29 bits per heavy atom. The molecular weight excluding hydrogens is 729 g/mol. The van der Waals surface area contributed by atoms with Crippen molar-refractivity contribution in [3.63, 3.8) is 0 Å². The first-order valence-electron chi connectivity index (χ1n) is 14.5. The summed E-state index contributed by atoms with van der Waals surface area (Å²) in [4.78, 5) is 8.85. The topological polar surface area (TPSA) is 24.3 Å². The van der Waals surface area contributed by atoms with Crippen molar-refractivity contribution >= 4 is 17.1 Å². The fourth-order valence-corrected chi connectivity index (χ4v) is 5.85. The number of aryl methyl sites for hydroxylation is 4. The van der Waals surface area contributed by atoms with Gasteiger partial charge < -0.3 is 14.4 Å². The number of hydrogen-bond donors (Lipinski definition) is 0. The van der Waals surface area contributed by atoms with Gasteiger partial charge in [0.05, 0.1) is 5.82 Å². The van der Waals surface area contributed by atoms with E-state index in [1.807, 2.05) is 54.9 Å². The van der Waals surface area contributed by atoms with E-state index in [2.05, 4.69) is 134 Å². The van der Waals surface area contributed by atoms with Gasteiger partial charge >= 0.3 is 20.1 Å². The number of aromatic nitrogens is 2. The number of imidazole rings is 1. The van der Waals surface area contributed by atoms with Gasteiger partial charge in [-0.05, 0) is 81.3 Å². The quantitative estimate of drug-likeness (QED) is 0.167. The molecule has 228 valence electrons. The van der Waals surface area contributed by atoms with E-state index in [0.29, 0.717) is 0 Å². The monoisotopic (exact) mass is 768 g/mol. The Morgan fingerprint density at radius 3 is 1.91 bits per heavy atom. The summed E-state index contributed by atoms with van der Waals surface area (Å²) in [7, 11) is 2.06. The standard InChI is InChI=1S/C25H23N2.C14H12N2.CH4.Ir/c1-17-12-18(2)14-22(13-17)23-15-19(3)24(20(4)16-23)27-11-10-26-25(27)21-8-6-5-7-9-21;1-15-11-16(12-7-3-2-4-8-12)14-10-6-5-9-13(14)15;;/h5-8,10-16H,1-4H3;2-7,9-11H,1H3;1H4;/q-1;-2;;+3. The first-order chi connectivity index (χ1) is 20.9. The number of fused-ring (bicyclic) bond motifs is 1. The fraction of sp³-hybridized carbons (Fsp3) is 0.150. The van der Waals surface area contributed by atoms with Crippen molar-refractivity contribution in [2.45, 2.75) is 35.1 Å². The van der Waals surface area contributed by atoms with E-state index in [1.54, 1.807) is 0 Å². The number of para-hydroxylation sites is 3. The number of nitrogens with zero attached hydrogens (tertiary/aromatic N) is 4. The smallest absolute Gasteiger partial charge is 0.504 e. The molecule has 0 fully saturated rings. The maximum atomic E-state index is 4.58. The molecule has 0 aliphatic carbocycles. The van der Waals surface area contributed by atoms with E-state index in [1.165, 1.54) is 50.4 Å². The van der Waals surface area contributed by atoms with Crippen LogP contribution in [0.5, 0.6) is 0 Å². The molecule has 0 unspecified atom stereocenters. The number of benzene rings is 5. The Kier molecular flexibility index (Phi) is 10.8. The van der Waals surface area contributed by atoms with Crippen LogP contribution in [-0.2, 0) is 20.1 Å². The molecule has 0 spiro atoms. The van der Waals surface area contributed by atoms with E-state index >= 15 is 0 Å². The summed E-state index contributed by atoms with van der Waals surface area (Å²) in [5, 5.41) is 0. The van der Waals surface area contributed by atoms with Crippen LogP contribution in [0.1, 0.15) is 29.7 Å². The van der Waals surface area contributed by atoms with Gasteiger partial charge in [0, 0.05) is 29.5 Å². The van der Waals surface area contributed by atoms with Gasteiger partial charge in [-0.25, -0.2) is 0 Å². The Balaban J connectivity index is 0.000000220. The SMILES string of the molecule is C.CN1[CH-]N(c2[c-]cccc2)c2ccccc21.Cc1cc(C)cc(-c2cc(C)c(-n3ccnc3-c3[c-]cccc3)c(C)c2)c1.[Ir+3]. The second kappa shape index (κ2) is 14.6. The van der Waals surface area contributed by atoms with Gasteiger partial charge in [0.25, 0.3) is 0 Å². The van der Waals surface area contributed by atoms with Crippen LogP contribution in [0, 0.1) is 46.5 Å². The van der Waals surface area contributed by atoms with Crippen molar-refractivity contribution < 1.29 is 20.1 Å². The van der Waals surface area contributed by atoms with Crippen LogP contribution in [0.4, 0.5) is 17.1 Å². The zero-order valence-corrected chi connectivity index (χ0v) is 28.1. The Labute approximate surface area is 282 Å². The maximum absolute atomic E-state index is 4.58. The van der Waals surface area contributed by atoms with Crippen LogP contribution in [0.3, 0.4) is 0 Å². The molecule has 0 bridgehead atoms. The predicted octanol–water partition coefficient (Wildman–Crippen LogP) is 10.1. The third kappa shape index (κ3) is 7.12. The average molecular weight is 768 g/mol. The van der Waals surface area contributed by atoms with Gasteiger partial charge in [-0.1, -0.05) is 48.9 Å². The van der Waals surface area contributed by atoms with Crippen molar-refractivity contribution in [3.05, 3.63) is 157 Å². The number of anilines is 3. The van der Waals surface area contributed by atoms with Gasteiger partial charge in [-0.15, -0.1) is 41.6 Å². The van der Waals surface area contributed by atoms with Crippen molar-refractivity contribution in [2.75, 3.05) is 16.8 Å². The molecule has 0 saturated heterocycles. The van der Waals surface area contributed by atoms with Crippen LogP contribution in [0.25, 0.3) is 28.2 Å². The Hall–Kier alpha value is -4.44. The molecule has 1 aliphatic heterocycles. The summed E-state index contributed by atoms with van der Waals surface area (Å²) in [6.07, 6.45) is 3.88.